The van der Waals surface area contributed by atoms with Crippen LogP contribution < -0.4 is 14.5 Å². The molecule has 5 nitrogen and oxygen atoms in total. The van der Waals surface area contributed by atoms with Crippen LogP contribution in [0.2, 0.25) is 0 Å². The molecule has 0 spiro atoms. The van der Waals surface area contributed by atoms with Crippen molar-refractivity contribution >= 4 is 145 Å². The maximum Gasteiger partial charge on any atom is 0.120 e. The van der Waals surface area contributed by atoms with Crippen LogP contribution in [-0.4, -0.2) is 17.1 Å². The number of hydrogen-bond donors (Lipinski definition) is 0. The molecule has 2 heterocycles. The Morgan fingerprint density at radius 2 is 0.746 bits per heavy atom. The first-order chi connectivity index (χ1) is 69.8. The van der Waals surface area contributed by atoms with Gasteiger partial charge in [-0.3, -0.25) is 9.97 Å². The van der Waals surface area contributed by atoms with Gasteiger partial charge in [0.25, 0.3) is 0 Å². The highest BCUT2D eigenvalue weighted by atomic mass is 16.5. The molecule has 0 saturated carbocycles. The van der Waals surface area contributed by atoms with Gasteiger partial charge < -0.3 is 14.5 Å². The van der Waals surface area contributed by atoms with Crippen LogP contribution in [0.3, 0.4) is 0 Å². The normalized spacial score (nSPS) is 11.6. The Morgan fingerprint density at radius 1 is 0.268 bits per heavy atom. The Hall–Kier alpha value is -17.9. The lowest BCUT2D eigenvalue weighted by molar-refractivity contribution is 0.415. The highest BCUT2D eigenvalue weighted by Crippen LogP contribution is 2.48. The molecule has 0 N–H and O–H groups in total. The van der Waals surface area contributed by atoms with Crippen molar-refractivity contribution in [2.24, 2.45) is 0 Å². The van der Waals surface area contributed by atoms with Crippen LogP contribution in [0, 0.1) is 13.8 Å². The molecular weight excluding hydrogens is 1720 g/mol. The summed E-state index contributed by atoms with van der Waals surface area (Å²) in [6, 6.07) is 167. The smallest absolute Gasteiger partial charge is 0.120 e. The average Bonchev–Trinajstić information content (AvgIpc) is 0.760. The van der Waals surface area contributed by atoms with Crippen molar-refractivity contribution in [1.29, 1.82) is 0 Å². The number of anilines is 6. The maximum atomic E-state index is 5.91. The molecule has 0 amide bonds. The molecule has 22 rings (SSSR count). The van der Waals surface area contributed by atoms with E-state index in [1.807, 2.05) is 30.9 Å². The lowest BCUT2D eigenvalue weighted by Gasteiger charge is -2.30. The fourth-order valence-corrected chi connectivity index (χ4v) is 19.5. The number of aryl methyl sites for hydroxylation is 2. The first-order valence-corrected chi connectivity index (χ1v) is 48.7. The number of pyridine rings is 2. The minimum atomic E-state index is -0.144. The molecular formula is C137H106N4O. The van der Waals surface area contributed by atoms with Crippen LogP contribution in [0.4, 0.5) is 34.1 Å². The van der Waals surface area contributed by atoms with Gasteiger partial charge in [0.05, 0.1) is 18.5 Å². The first kappa shape index (κ1) is 90.6. The molecule has 0 radical (unpaired) electrons. The third-order valence-corrected chi connectivity index (χ3v) is 27.0. The summed E-state index contributed by atoms with van der Waals surface area (Å²) in [7, 11) is 1.74. The van der Waals surface area contributed by atoms with Crippen molar-refractivity contribution in [3.05, 3.63) is 594 Å². The molecule has 0 aliphatic rings. The predicted octanol–water partition coefficient (Wildman–Crippen LogP) is 36.7. The number of methoxy groups -OCH3 is 1. The number of nitrogens with zero attached hydrogens (tertiary/aromatic N) is 4. The van der Waals surface area contributed by atoms with Crippen LogP contribution >= 0.6 is 0 Å². The van der Waals surface area contributed by atoms with Crippen molar-refractivity contribution in [3.63, 3.8) is 0 Å². The molecule has 0 fully saturated rings. The number of fused-ring (bicyclic) bond motifs is 6. The van der Waals surface area contributed by atoms with Gasteiger partial charge >= 0.3 is 0 Å². The van der Waals surface area contributed by atoms with E-state index in [4.69, 9.17) is 4.74 Å². The van der Waals surface area contributed by atoms with Gasteiger partial charge in [0.2, 0.25) is 0 Å². The van der Waals surface area contributed by atoms with Gasteiger partial charge in [-0.15, -0.1) is 0 Å². The Bertz CT molecular complexity index is 8390. The monoisotopic (exact) mass is 1820 g/mol. The third kappa shape index (κ3) is 19.9. The lowest BCUT2D eigenvalue weighted by Crippen LogP contribution is -2.15. The Kier molecular flexibility index (Phi) is 26.3. The summed E-state index contributed by atoms with van der Waals surface area (Å²) in [5.41, 5.74) is 33.0. The molecule has 0 bridgehead atoms. The minimum absolute atomic E-state index is 0.144. The van der Waals surface area contributed by atoms with Crippen molar-refractivity contribution in [2.45, 2.75) is 40.0 Å². The van der Waals surface area contributed by atoms with E-state index in [1.165, 1.54) is 110 Å². The molecule has 0 saturated heterocycles. The van der Waals surface area contributed by atoms with E-state index in [1.54, 1.807) is 7.11 Å². The Labute approximate surface area is 832 Å². The molecule has 20 aromatic carbocycles. The van der Waals surface area contributed by atoms with Gasteiger partial charge in [0.1, 0.15) is 5.75 Å². The fraction of sp³-hybridized carbons (Fsp3) is 0.0511. The summed E-state index contributed by atoms with van der Waals surface area (Å²) in [6.45, 7) is 11.2. The minimum Gasteiger partial charge on any atom is -0.497 e. The quantitative estimate of drug-likeness (QED) is 0.0472. The second-order valence-electron chi connectivity index (χ2n) is 37.3. The zero-order valence-electron chi connectivity index (χ0n) is 80.5. The van der Waals surface area contributed by atoms with E-state index in [0.717, 1.165) is 123 Å². The van der Waals surface area contributed by atoms with Gasteiger partial charge in [-0.1, -0.05) is 426 Å². The molecule has 0 aliphatic heterocycles. The van der Waals surface area contributed by atoms with Gasteiger partial charge in [-0.25, -0.2) is 0 Å². The zero-order valence-corrected chi connectivity index (χ0v) is 80.5. The molecule has 0 aliphatic carbocycles. The summed E-state index contributed by atoms with van der Waals surface area (Å²) in [4.78, 5) is 13.6. The number of hydrogen-bond acceptors (Lipinski definition) is 5. The highest BCUT2D eigenvalue weighted by Gasteiger charge is 2.25. The number of ether oxygens (including phenoxy) is 1. The van der Waals surface area contributed by atoms with Crippen LogP contribution in [0.25, 0.3) is 133 Å². The van der Waals surface area contributed by atoms with Gasteiger partial charge in [0.15, 0.2) is 0 Å². The molecule has 5 heteroatoms. The molecule has 142 heavy (non-hydrogen) atoms. The molecule has 0 unspecified atom stereocenters. The number of rotatable bonds is 23. The molecule has 22 aromatic rings. The zero-order chi connectivity index (χ0) is 96.3. The molecule has 0 atom stereocenters. The van der Waals surface area contributed by atoms with E-state index in [-0.39, 0.29) is 5.41 Å². The van der Waals surface area contributed by atoms with Gasteiger partial charge in [0, 0.05) is 58.3 Å². The topological polar surface area (TPSA) is 41.5 Å². The summed E-state index contributed by atoms with van der Waals surface area (Å²) >= 11 is 0. The largest absolute Gasteiger partial charge is 0.497 e. The first-order valence-electron chi connectivity index (χ1n) is 48.7. The SMILES string of the molecule is C(/C=C/c1ccc(N(c2cccc(-c3ccncc3)c2)c2ccc(C=C(c3ccc4ccccc4c3)c3ccc4ccccc4c3)c3ccccc23)cc1)=C(c1ccccc1)c1ccccc1.COc1cc(/C(=C\C=C\c2ccc(N(c3ccc(-c4cccnc4)cc3)c3cc(C=C(c4ccc(C)cc4)c4ccc(C)cc4)cc(C(C)(C)C)c3)c3ccccc23)c2cccc3ccccc23)c2ccccc2c1. The third-order valence-electron chi connectivity index (χ3n) is 27.0. The number of allylic oxidation sites excluding steroid dienone is 4. The second kappa shape index (κ2) is 41.2. The summed E-state index contributed by atoms with van der Waals surface area (Å²) in [5, 5.41) is 14.2. The van der Waals surface area contributed by atoms with E-state index in [0.29, 0.717) is 0 Å². The van der Waals surface area contributed by atoms with Crippen molar-refractivity contribution in [3.8, 4) is 28.0 Å². The van der Waals surface area contributed by atoms with Crippen molar-refractivity contribution in [2.75, 3.05) is 16.9 Å². The van der Waals surface area contributed by atoms with E-state index < -0.39 is 0 Å². The van der Waals surface area contributed by atoms with Gasteiger partial charge in [-0.05, 0) is 305 Å². The van der Waals surface area contributed by atoms with Crippen LogP contribution in [0.15, 0.2) is 510 Å². The van der Waals surface area contributed by atoms with Crippen LogP contribution in [0.1, 0.15) is 104 Å². The van der Waals surface area contributed by atoms with Gasteiger partial charge in [-0.2, -0.15) is 0 Å². The average molecular weight is 1820 g/mol. The Morgan fingerprint density at radius 3 is 1.35 bits per heavy atom. The second-order valence-corrected chi connectivity index (χ2v) is 37.3. The lowest BCUT2D eigenvalue weighted by atomic mass is 9.85. The van der Waals surface area contributed by atoms with Crippen molar-refractivity contribution < 1.29 is 4.74 Å². The number of benzene rings is 20. The van der Waals surface area contributed by atoms with E-state index in [2.05, 4.69) is 558 Å². The maximum absolute atomic E-state index is 5.91. The van der Waals surface area contributed by atoms with Crippen LogP contribution in [0.5, 0.6) is 5.75 Å². The highest BCUT2D eigenvalue weighted by molar-refractivity contribution is 6.10. The summed E-state index contributed by atoms with van der Waals surface area (Å²) in [6.07, 6.45) is 25.5. The number of aromatic nitrogens is 2. The standard InChI is InChI=1S/C72H60N2O.C65H46N2/c1-49-27-31-55(32-28-49)69(56-33-29-50(2)30-34-56)44-51-42-59(72(3,4)5)46-61(43-51)74(60-38-35-52(36-39-60)58-20-15-41-73-48-58)71-40-37-54(64-22-11-12-24-68(64)71)19-14-26-67(66-25-13-18-53-16-7-9-21-63(53)66)70-47-62(75-6)45-57-17-8-10-23-65(57)70;1-3-18-51(19-4-1)61(52-20-5-2-6-21-52)28-13-15-47-29-36-59(37-30-47)67(60-25-14-24-55(45-60)50-39-41-66-42-40-50)65-38-35-58(62-26-11-12-27-63(62)65)46-64(56-33-31-48-16-7-9-22-53(48)43-56)57-34-32-49-17-8-10-23-54(49)44-57/h7-48H,1-6H3;1-46H/b19-14+,67-26-;15-13+. The molecule has 2 aromatic heterocycles. The van der Waals surface area contributed by atoms with Crippen molar-refractivity contribution in [1.82, 2.24) is 9.97 Å². The molecule has 680 valence electrons. The fourth-order valence-electron chi connectivity index (χ4n) is 19.5. The predicted molar refractivity (Wildman–Crippen MR) is 606 cm³/mol. The Balaban J connectivity index is 0.000000169. The van der Waals surface area contributed by atoms with E-state index >= 15 is 0 Å². The van der Waals surface area contributed by atoms with Crippen LogP contribution in [-0.2, 0) is 5.41 Å². The summed E-state index contributed by atoms with van der Waals surface area (Å²) < 4.78 is 5.91. The summed E-state index contributed by atoms with van der Waals surface area (Å²) in [5.74, 6) is 0.825. The van der Waals surface area contributed by atoms with E-state index in [9.17, 15) is 0 Å².